The molecule has 4 rings (SSSR count). The van der Waals surface area contributed by atoms with Gasteiger partial charge >= 0.3 is 5.69 Å². The molecule has 2 aromatic carbocycles. The molecular formula is C19H17N5O2. The van der Waals surface area contributed by atoms with Gasteiger partial charge in [-0.15, -0.1) is 0 Å². The van der Waals surface area contributed by atoms with E-state index in [1.54, 1.807) is 18.2 Å². The number of tetrazole rings is 1. The Labute approximate surface area is 150 Å². The van der Waals surface area contributed by atoms with E-state index in [0.29, 0.717) is 22.9 Å². The highest BCUT2D eigenvalue weighted by atomic mass is 16.5. The van der Waals surface area contributed by atoms with E-state index in [0.717, 1.165) is 10.4 Å². The minimum absolute atomic E-state index is 0.181. The minimum Gasteiger partial charge on any atom is -0.490 e. The fraction of sp³-hybridized carbons (Fsp3) is 0.263. The van der Waals surface area contributed by atoms with Gasteiger partial charge in [-0.3, -0.25) is 0 Å². The van der Waals surface area contributed by atoms with E-state index in [1.165, 1.54) is 30.1 Å². The number of nitrogens with zero attached hydrogens (tertiary/aromatic N) is 5. The molecule has 0 unspecified atom stereocenters. The van der Waals surface area contributed by atoms with Crippen LogP contribution in [0.1, 0.15) is 29.9 Å². The van der Waals surface area contributed by atoms with Gasteiger partial charge in [-0.2, -0.15) is 9.36 Å². The lowest BCUT2D eigenvalue weighted by molar-refractivity contribution is 0.303. The molecule has 7 heteroatoms. The predicted molar refractivity (Wildman–Crippen MR) is 95.6 cm³/mol. The van der Waals surface area contributed by atoms with Gasteiger partial charge < -0.3 is 4.74 Å². The zero-order valence-electron chi connectivity index (χ0n) is 14.3. The SMILES string of the molecule is [C-]#[N+]c1cccc(-n2nnn(C)c2=O)c1COc1ccccc1C1CC1. The smallest absolute Gasteiger partial charge is 0.368 e. The van der Waals surface area contributed by atoms with E-state index in [9.17, 15) is 4.79 Å². The van der Waals surface area contributed by atoms with Crippen LogP contribution in [0, 0.1) is 6.57 Å². The average molecular weight is 347 g/mol. The van der Waals surface area contributed by atoms with Crippen molar-refractivity contribution in [3.63, 3.8) is 0 Å². The van der Waals surface area contributed by atoms with Crippen LogP contribution in [-0.4, -0.2) is 19.8 Å². The number of para-hydroxylation sites is 1. The number of hydrogen-bond donors (Lipinski definition) is 0. The Morgan fingerprint density at radius 1 is 1.19 bits per heavy atom. The van der Waals surface area contributed by atoms with Crippen LogP contribution in [0.25, 0.3) is 10.5 Å². The van der Waals surface area contributed by atoms with Crippen molar-refractivity contribution in [3.8, 4) is 11.4 Å². The van der Waals surface area contributed by atoms with E-state index in [2.05, 4.69) is 21.3 Å². The Bertz CT molecular complexity index is 1060. The molecule has 0 aliphatic heterocycles. The molecule has 1 fully saturated rings. The topological polar surface area (TPSA) is 66.3 Å². The minimum atomic E-state index is -0.369. The number of aryl methyl sites for hydroxylation is 1. The van der Waals surface area contributed by atoms with Crippen LogP contribution in [0.5, 0.6) is 5.75 Å². The highest BCUT2D eigenvalue weighted by molar-refractivity contribution is 5.60. The van der Waals surface area contributed by atoms with Crippen molar-refractivity contribution < 1.29 is 4.74 Å². The molecule has 0 atom stereocenters. The molecule has 1 heterocycles. The summed E-state index contributed by atoms with van der Waals surface area (Å²) in [7, 11) is 1.53. The molecule has 1 saturated carbocycles. The van der Waals surface area contributed by atoms with Gasteiger partial charge in [-0.25, -0.2) is 9.64 Å². The van der Waals surface area contributed by atoms with Gasteiger partial charge in [0.1, 0.15) is 12.4 Å². The average Bonchev–Trinajstić information content (AvgIpc) is 3.46. The van der Waals surface area contributed by atoms with E-state index >= 15 is 0 Å². The second kappa shape index (κ2) is 6.48. The Hall–Kier alpha value is -3.40. The van der Waals surface area contributed by atoms with Gasteiger partial charge in [0, 0.05) is 12.6 Å². The Morgan fingerprint density at radius 3 is 2.69 bits per heavy atom. The van der Waals surface area contributed by atoms with Crippen molar-refractivity contribution in [1.82, 2.24) is 19.8 Å². The molecule has 0 saturated heterocycles. The summed E-state index contributed by atoms with van der Waals surface area (Å²) in [6.07, 6.45) is 2.36. The van der Waals surface area contributed by atoms with Crippen LogP contribution >= 0.6 is 0 Å². The summed E-state index contributed by atoms with van der Waals surface area (Å²) in [6.45, 7) is 7.63. The summed E-state index contributed by atoms with van der Waals surface area (Å²) in [5.41, 5.74) is 2.40. The van der Waals surface area contributed by atoms with Crippen molar-refractivity contribution in [3.05, 3.63) is 75.5 Å². The fourth-order valence-electron chi connectivity index (χ4n) is 2.97. The second-order valence-corrected chi connectivity index (χ2v) is 6.28. The first-order chi connectivity index (χ1) is 12.7. The summed E-state index contributed by atoms with van der Waals surface area (Å²) < 4.78 is 8.41. The highest BCUT2D eigenvalue weighted by Gasteiger charge is 2.26. The molecule has 0 spiro atoms. The third-order valence-corrected chi connectivity index (χ3v) is 4.51. The lowest BCUT2D eigenvalue weighted by Gasteiger charge is -2.14. The molecular weight excluding hydrogens is 330 g/mol. The summed E-state index contributed by atoms with van der Waals surface area (Å²) in [5, 5.41) is 7.64. The molecule has 26 heavy (non-hydrogen) atoms. The first-order valence-electron chi connectivity index (χ1n) is 8.39. The normalized spacial score (nSPS) is 13.4. The molecule has 0 bridgehead atoms. The summed E-state index contributed by atoms with van der Waals surface area (Å²) in [6, 6.07) is 13.2. The number of benzene rings is 2. The van der Waals surface area contributed by atoms with Crippen LogP contribution in [-0.2, 0) is 13.7 Å². The molecule has 130 valence electrons. The first kappa shape index (κ1) is 16.1. The molecule has 1 aliphatic rings. The number of rotatable bonds is 5. The number of ether oxygens (including phenoxy) is 1. The molecule has 7 nitrogen and oxygen atoms in total. The third kappa shape index (κ3) is 2.86. The van der Waals surface area contributed by atoms with Crippen molar-refractivity contribution in [1.29, 1.82) is 0 Å². The fourth-order valence-corrected chi connectivity index (χ4v) is 2.97. The van der Waals surface area contributed by atoms with Gasteiger partial charge in [0.15, 0.2) is 5.69 Å². The third-order valence-electron chi connectivity index (χ3n) is 4.51. The van der Waals surface area contributed by atoms with Gasteiger partial charge in [-0.1, -0.05) is 30.3 Å². The lowest BCUT2D eigenvalue weighted by atomic mass is 10.1. The Morgan fingerprint density at radius 2 is 2.00 bits per heavy atom. The molecule has 0 radical (unpaired) electrons. The van der Waals surface area contributed by atoms with Gasteiger partial charge in [-0.05, 0) is 46.9 Å². The predicted octanol–water partition coefficient (Wildman–Crippen LogP) is 2.97. The van der Waals surface area contributed by atoms with Crippen molar-refractivity contribution >= 4 is 5.69 Å². The Balaban J connectivity index is 1.71. The zero-order valence-corrected chi connectivity index (χ0v) is 14.3. The van der Waals surface area contributed by atoms with Crippen LogP contribution in [0.2, 0.25) is 0 Å². The molecule has 3 aromatic rings. The summed E-state index contributed by atoms with van der Waals surface area (Å²) >= 11 is 0. The quantitative estimate of drug-likeness (QED) is 0.666. The van der Waals surface area contributed by atoms with Gasteiger partial charge in [0.05, 0.1) is 12.3 Å². The monoisotopic (exact) mass is 347 g/mol. The first-order valence-corrected chi connectivity index (χ1v) is 8.39. The van der Waals surface area contributed by atoms with Gasteiger partial charge in [0.2, 0.25) is 0 Å². The molecule has 1 aromatic heterocycles. The van der Waals surface area contributed by atoms with Crippen LogP contribution in [0.3, 0.4) is 0 Å². The lowest BCUT2D eigenvalue weighted by Crippen LogP contribution is -2.23. The molecule has 0 N–H and O–H groups in total. The standard InChI is InChI=1S/C19H17N5O2/c1-20-16-7-5-8-17(24-19(25)23(2)21-22-24)15(16)12-26-18-9-4-3-6-14(18)13-10-11-13/h3-9,13H,10-12H2,2H3. The van der Waals surface area contributed by atoms with Crippen LogP contribution < -0.4 is 10.4 Å². The number of hydrogen-bond acceptors (Lipinski definition) is 4. The Kier molecular flexibility index (Phi) is 4.01. The van der Waals surface area contributed by atoms with E-state index in [1.807, 2.05) is 18.2 Å². The number of aromatic nitrogens is 4. The van der Waals surface area contributed by atoms with E-state index in [-0.39, 0.29) is 12.3 Å². The van der Waals surface area contributed by atoms with Crippen molar-refractivity contribution in [2.24, 2.45) is 7.05 Å². The largest absolute Gasteiger partial charge is 0.490 e. The second-order valence-electron chi connectivity index (χ2n) is 6.28. The van der Waals surface area contributed by atoms with E-state index < -0.39 is 0 Å². The maximum Gasteiger partial charge on any atom is 0.368 e. The zero-order chi connectivity index (χ0) is 18.1. The van der Waals surface area contributed by atoms with Crippen LogP contribution in [0.15, 0.2) is 47.3 Å². The van der Waals surface area contributed by atoms with E-state index in [4.69, 9.17) is 11.3 Å². The molecule has 0 amide bonds. The maximum atomic E-state index is 12.2. The summed E-state index contributed by atoms with van der Waals surface area (Å²) in [5.74, 6) is 1.39. The summed E-state index contributed by atoms with van der Waals surface area (Å²) in [4.78, 5) is 15.8. The maximum absolute atomic E-state index is 12.2. The highest BCUT2D eigenvalue weighted by Crippen LogP contribution is 2.44. The molecule has 1 aliphatic carbocycles. The van der Waals surface area contributed by atoms with Crippen molar-refractivity contribution in [2.45, 2.75) is 25.4 Å². The van der Waals surface area contributed by atoms with Gasteiger partial charge in [0.25, 0.3) is 0 Å². The van der Waals surface area contributed by atoms with Crippen molar-refractivity contribution in [2.75, 3.05) is 0 Å². The van der Waals surface area contributed by atoms with Crippen LogP contribution in [0.4, 0.5) is 5.69 Å².